The molecule has 0 spiro atoms. The van der Waals surface area contributed by atoms with E-state index in [2.05, 4.69) is 29.8 Å². The van der Waals surface area contributed by atoms with Crippen molar-refractivity contribution in [2.75, 3.05) is 0 Å². The minimum Gasteiger partial charge on any atom is -0.345 e. The zero-order valence-corrected chi connectivity index (χ0v) is 15.4. The van der Waals surface area contributed by atoms with E-state index in [4.69, 9.17) is 4.98 Å². The minimum atomic E-state index is -0.115. The number of hydrogen-bond donors (Lipinski definition) is 1. The lowest BCUT2D eigenvalue weighted by molar-refractivity contribution is -0.116. The summed E-state index contributed by atoms with van der Waals surface area (Å²) in [5.41, 5.74) is 3.10. The Bertz CT molecular complexity index is 896. The summed E-state index contributed by atoms with van der Waals surface area (Å²) in [5, 5.41) is 2.95. The number of carbonyl (C=O) groups excluding carboxylic acids is 1. The van der Waals surface area contributed by atoms with Crippen LogP contribution in [0, 0.1) is 5.92 Å². The van der Waals surface area contributed by atoms with E-state index in [0.29, 0.717) is 12.5 Å². The summed E-state index contributed by atoms with van der Waals surface area (Å²) in [6.45, 7) is 5.75. The molecule has 4 nitrogen and oxygen atoms in total. The molecule has 1 aromatic heterocycles. The van der Waals surface area contributed by atoms with E-state index in [1.54, 1.807) is 6.08 Å². The van der Waals surface area contributed by atoms with Gasteiger partial charge in [-0.05, 0) is 29.7 Å². The number of imidazole rings is 1. The molecule has 0 aliphatic carbocycles. The van der Waals surface area contributed by atoms with Gasteiger partial charge in [0.2, 0.25) is 5.91 Å². The fourth-order valence-corrected chi connectivity index (χ4v) is 2.87. The summed E-state index contributed by atoms with van der Waals surface area (Å²) in [5.74, 6) is 1.34. The maximum Gasteiger partial charge on any atom is 0.244 e. The molecule has 0 saturated heterocycles. The molecule has 0 aliphatic rings. The van der Waals surface area contributed by atoms with Gasteiger partial charge in [0.1, 0.15) is 5.82 Å². The van der Waals surface area contributed by atoms with Gasteiger partial charge in [-0.3, -0.25) is 4.79 Å². The molecule has 2 aromatic carbocycles. The van der Waals surface area contributed by atoms with Crippen LogP contribution in [0.15, 0.2) is 60.7 Å². The van der Waals surface area contributed by atoms with Crippen LogP contribution in [0.25, 0.3) is 17.1 Å². The largest absolute Gasteiger partial charge is 0.345 e. The number of nitrogens with zero attached hydrogens (tertiary/aromatic N) is 2. The Morgan fingerprint density at radius 2 is 1.88 bits per heavy atom. The minimum absolute atomic E-state index is 0.115. The third-order valence-electron chi connectivity index (χ3n) is 4.57. The summed E-state index contributed by atoms with van der Waals surface area (Å²) in [4.78, 5) is 16.9. The van der Waals surface area contributed by atoms with E-state index in [9.17, 15) is 4.79 Å². The molecule has 0 radical (unpaired) electrons. The number of rotatable bonds is 7. The fourth-order valence-electron chi connectivity index (χ4n) is 2.87. The molecular formula is C22H25N3O. The Kier molecular flexibility index (Phi) is 5.84. The fraction of sp³-hybridized carbons (Fsp3) is 0.273. The van der Waals surface area contributed by atoms with Crippen molar-refractivity contribution in [2.24, 2.45) is 5.92 Å². The van der Waals surface area contributed by atoms with Gasteiger partial charge < -0.3 is 9.88 Å². The van der Waals surface area contributed by atoms with Crippen LogP contribution in [0.4, 0.5) is 0 Å². The second kappa shape index (κ2) is 8.48. The molecule has 0 aliphatic heterocycles. The first-order valence-electron chi connectivity index (χ1n) is 9.12. The Morgan fingerprint density at radius 1 is 1.15 bits per heavy atom. The van der Waals surface area contributed by atoms with Crippen molar-refractivity contribution in [1.82, 2.24) is 14.9 Å². The second-order valence-electron chi connectivity index (χ2n) is 6.60. The van der Waals surface area contributed by atoms with Gasteiger partial charge in [-0.25, -0.2) is 4.98 Å². The lowest BCUT2D eigenvalue weighted by Crippen LogP contribution is -2.23. The standard InChI is InChI=1S/C22H25N3O/c1-3-17(2)16-25-20-12-8-7-11-19(20)24-21(25)15-23-22(26)14-13-18-9-5-4-6-10-18/h4-14,17H,3,15-16H2,1-2H3,(H,23,26)/b14-13-. The molecule has 134 valence electrons. The summed E-state index contributed by atoms with van der Waals surface area (Å²) >= 11 is 0. The number of para-hydroxylation sites is 2. The number of hydrogen-bond acceptors (Lipinski definition) is 2. The highest BCUT2D eigenvalue weighted by atomic mass is 16.1. The number of amides is 1. The van der Waals surface area contributed by atoms with Crippen molar-refractivity contribution >= 4 is 23.0 Å². The lowest BCUT2D eigenvalue weighted by Gasteiger charge is -2.14. The van der Waals surface area contributed by atoms with Crippen molar-refractivity contribution in [3.05, 3.63) is 72.1 Å². The molecule has 0 bridgehead atoms. The van der Waals surface area contributed by atoms with Gasteiger partial charge in [-0.1, -0.05) is 62.7 Å². The van der Waals surface area contributed by atoms with Crippen LogP contribution in [0.1, 0.15) is 31.7 Å². The van der Waals surface area contributed by atoms with Gasteiger partial charge in [0.05, 0.1) is 17.6 Å². The topological polar surface area (TPSA) is 46.9 Å². The molecule has 0 fully saturated rings. The Labute approximate surface area is 154 Å². The Balaban J connectivity index is 1.72. The van der Waals surface area contributed by atoms with Crippen LogP contribution in [-0.2, 0) is 17.9 Å². The summed E-state index contributed by atoms with van der Waals surface area (Å²) in [6.07, 6.45) is 4.49. The number of carbonyl (C=O) groups is 1. The van der Waals surface area contributed by atoms with Crippen molar-refractivity contribution in [3.63, 3.8) is 0 Å². The summed E-state index contributed by atoms with van der Waals surface area (Å²) in [6, 6.07) is 17.9. The molecule has 0 saturated carbocycles. The van der Waals surface area contributed by atoms with E-state index in [-0.39, 0.29) is 5.91 Å². The van der Waals surface area contributed by atoms with Gasteiger partial charge >= 0.3 is 0 Å². The molecular weight excluding hydrogens is 322 g/mol. The molecule has 3 aromatic rings. The molecule has 4 heteroatoms. The van der Waals surface area contributed by atoms with Gasteiger partial charge in [0.15, 0.2) is 0 Å². The highest BCUT2D eigenvalue weighted by Gasteiger charge is 2.12. The van der Waals surface area contributed by atoms with Gasteiger partial charge in [0, 0.05) is 12.6 Å². The Hall–Kier alpha value is -2.88. The first-order valence-corrected chi connectivity index (χ1v) is 9.12. The average Bonchev–Trinajstić information content (AvgIpc) is 3.03. The number of aromatic nitrogens is 2. The third-order valence-corrected chi connectivity index (χ3v) is 4.57. The summed E-state index contributed by atoms with van der Waals surface area (Å²) in [7, 11) is 0. The van der Waals surface area contributed by atoms with E-state index in [1.165, 1.54) is 0 Å². The van der Waals surface area contributed by atoms with Crippen LogP contribution in [0.2, 0.25) is 0 Å². The van der Waals surface area contributed by atoms with Crippen molar-refractivity contribution in [1.29, 1.82) is 0 Å². The van der Waals surface area contributed by atoms with Gasteiger partial charge in [-0.2, -0.15) is 0 Å². The highest BCUT2D eigenvalue weighted by Crippen LogP contribution is 2.18. The SMILES string of the molecule is CCC(C)Cn1c(CNC(=O)/C=C\c2ccccc2)nc2ccccc21. The second-order valence-corrected chi connectivity index (χ2v) is 6.60. The van der Waals surface area contributed by atoms with Gasteiger partial charge in [0.25, 0.3) is 0 Å². The van der Waals surface area contributed by atoms with Crippen LogP contribution in [-0.4, -0.2) is 15.5 Å². The molecule has 1 amide bonds. The van der Waals surface area contributed by atoms with Gasteiger partial charge in [-0.15, -0.1) is 0 Å². The smallest absolute Gasteiger partial charge is 0.244 e. The highest BCUT2D eigenvalue weighted by molar-refractivity contribution is 5.91. The average molecular weight is 347 g/mol. The zero-order valence-electron chi connectivity index (χ0n) is 15.4. The molecule has 1 unspecified atom stereocenters. The van der Waals surface area contributed by atoms with Crippen LogP contribution in [0.5, 0.6) is 0 Å². The van der Waals surface area contributed by atoms with E-state index < -0.39 is 0 Å². The maximum atomic E-state index is 12.2. The van der Waals surface area contributed by atoms with Crippen LogP contribution >= 0.6 is 0 Å². The molecule has 26 heavy (non-hydrogen) atoms. The van der Waals surface area contributed by atoms with Crippen LogP contribution in [0.3, 0.4) is 0 Å². The maximum absolute atomic E-state index is 12.2. The summed E-state index contributed by atoms with van der Waals surface area (Å²) < 4.78 is 2.23. The molecule has 1 atom stereocenters. The number of benzene rings is 2. The van der Waals surface area contributed by atoms with Crippen molar-refractivity contribution in [2.45, 2.75) is 33.4 Å². The van der Waals surface area contributed by atoms with E-state index >= 15 is 0 Å². The zero-order chi connectivity index (χ0) is 18.4. The molecule has 3 rings (SSSR count). The lowest BCUT2D eigenvalue weighted by atomic mass is 10.1. The van der Waals surface area contributed by atoms with E-state index in [1.807, 2.05) is 54.6 Å². The monoisotopic (exact) mass is 347 g/mol. The predicted octanol–water partition coefficient (Wildman–Crippen LogP) is 4.41. The van der Waals surface area contributed by atoms with E-state index in [0.717, 1.165) is 35.4 Å². The molecule has 1 heterocycles. The Morgan fingerprint density at radius 3 is 2.65 bits per heavy atom. The third kappa shape index (κ3) is 4.39. The molecule has 1 N–H and O–H groups in total. The van der Waals surface area contributed by atoms with Crippen molar-refractivity contribution < 1.29 is 4.79 Å². The first-order chi connectivity index (χ1) is 12.7. The number of nitrogens with one attached hydrogen (secondary N) is 1. The first kappa shape index (κ1) is 17.9. The predicted molar refractivity (Wildman–Crippen MR) is 107 cm³/mol. The van der Waals surface area contributed by atoms with Crippen molar-refractivity contribution in [3.8, 4) is 0 Å². The number of fused-ring (bicyclic) bond motifs is 1. The normalized spacial score (nSPS) is 12.5. The quantitative estimate of drug-likeness (QED) is 0.644. The van der Waals surface area contributed by atoms with Crippen LogP contribution < -0.4 is 5.32 Å².